The first-order chi connectivity index (χ1) is 14.2. The van der Waals surface area contributed by atoms with Gasteiger partial charge in [0.1, 0.15) is 23.4 Å². The van der Waals surface area contributed by atoms with E-state index in [1.54, 1.807) is 25.6 Å². The molecule has 0 N–H and O–H groups in total. The van der Waals surface area contributed by atoms with Crippen molar-refractivity contribution in [3.63, 3.8) is 0 Å². The van der Waals surface area contributed by atoms with Gasteiger partial charge in [-0.15, -0.1) is 0 Å². The minimum absolute atomic E-state index is 0.169. The van der Waals surface area contributed by atoms with Crippen molar-refractivity contribution >= 4 is 0 Å². The summed E-state index contributed by atoms with van der Waals surface area (Å²) in [6.45, 7) is 4.69. The Morgan fingerprint density at radius 3 is 2.55 bits per heavy atom. The van der Waals surface area contributed by atoms with Gasteiger partial charge in [-0.1, -0.05) is 19.1 Å². The summed E-state index contributed by atoms with van der Waals surface area (Å²) in [6, 6.07) is 16.2. The molecule has 0 spiro atoms. The summed E-state index contributed by atoms with van der Waals surface area (Å²) >= 11 is 0. The lowest BCUT2D eigenvalue weighted by Gasteiger charge is -2.23. The van der Waals surface area contributed by atoms with Gasteiger partial charge in [-0.25, -0.2) is 9.97 Å². The monoisotopic (exact) mass is 391 g/mol. The van der Waals surface area contributed by atoms with Crippen LogP contribution in [0.15, 0.2) is 60.9 Å². The first-order valence-corrected chi connectivity index (χ1v) is 9.83. The van der Waals surface area contributed by atoms with Crippen molar-refractivity contribution in [2.45, 2.75) is 32.5 Å². The molecular formula is C23H25N3O3. The van der Waals surface area contributed by atoms with Gasteiger partial charge in [0.15, 0.2) is 0 Å². The Morgan fingerprint density at radius 2 is 1.83 bits per heavy atom. The van der Waals surface area contributed by atoms with Crippen LogP contribution < -0.4 is 14.2 Å². The molecule has 3 aromatic rings. The lowest BCUT2D eigenvalue weighted by Crippen LogP contribution is -2.32. The van der Waals surface area contributed by atoms with Gasteiger partial charge in [0, 0.05) is 37.6 Å². The lowest BCUT2D eigenvalue weighted by molar-refractivity contribution is 0.139. The molecule has 6 nitrogen and oxygen atoms in total. The van der Waals surface area contributed by atoms with E-state index in [0.29, 0.717) is 6.01 Å². The average molecular weight is 391 g/mol. The van der Waals surface area contributed by atoms with Crippen LogP contribution in [-0.2, 0) is 13.1 Å². The van der Waals surface area contributed by atoms with Gasteiger partial charge in [-0.2, -0.15) is 0 Å². The van der Waals surface area contributed by atoms with Crippen LogP contribution >= 0.6 is 0 Å². The maximum absolute atomic E-state index is 6.23. The summed E-state index contributed by atoms with van der Waals surface area (Å²) in [4.78, 5) is 10.6. The summed E-state index contributed by atoms with van der Waals surface area (Å²) in [6.07, 6.45) is 4.46. The third kappa shape index (κ3) is 4.84. The van der Waals surface area contributed by atoms with Crippen molar-refractivity contribution in [3.8, 4) is 23.3 Å². The van der Waals surface area contributed by atoms with Gasteiger partial charge in [0.05, 0.1) is 7.11 Å². The number of benzene rings is 2. The Labute approximate surface area is 171 Å². The number of fused-ring (bicyclic) bond motifs is 1. The van der Waals surface area contributed by atoms with E-state index in [1.807, 2.05) is 24.3 Å². The molecule has 1 aliphatic rings. The van der Waals surface area contributed by atoms with Crippen molar-refractivity contribution in [1.82, 2.24) is 14.9 Å². The summed E-state index contributed by atoms with van der Waals surface area (Å²) in [7, 11) is 1.69. The zero-order valence-electron chi connectivity index (χ0n) is 16.7. The molecule has 29 heavy (non-hydrogen) atoms. The molecule has 0 radical (unpaired) electrons. The van der Waals surface area contributed by atoms with Crippen molar-refractivity contribution in [2.24, 2.45) is 0 Å². The highest BCUT2D eigenvalue weighted by Crippen LogP contribution is 2.30. The molecular weight excluding hydrogens is 366 g/mol. The third-order valence-corrected chi connectivity index (χ3v) is 4.95. The maximum Gasteiger partial charge on any atom is 0.321 e. The van der Waals surface area contributed by atoms with Gasteiger partial charge < -0.3 is 14.2 Å². The van der Waals surface area contributed by atoms with E-state index in [9.17, 15) is 0 Å². The molecule has 0 aliphatic carbocycles. The molecule has 0 bridgehead atoms. The Morgan fingerprint density at radius 1 is 1.07 bits per heavy atom. The third-order valence-electron chi connectivity index (χ3n) is 4.95. The molecule has 6 heteroatoms. The Kier molecular flexibility index (Phi) is 5.91. The SMILES string of the molecule is CCC1CN(Cc2ccc(Oc3ncccn3)cc2)Cc2cc(OC)ccc2O1. The van der Waals surface area contributed by atoms with Crippen LogP contribution in [-0.4, -0.2) is 34.6 Å². The van der Waals surface area contributed by atoms with Crippen LogP contribution in [0.25, 0.3) is 0 Å². The molecule has 1 aliphatic heterocycles. The molecule has 2 aromatic carbocycles. The van der Waals surface area contributed by atoms with Gasteiger partial charge in [0.2, 0.25) is 0 Å². The van der Waals surface area contributed by atoms with Gasteiger partial charge in [-0.3, -0.25) is 4.90 Å². The smallest absolute Gasteiger partial charge is 0.321 e. The summed E-state index contributed by atoms with van der Waals surface area (Å²) in [5.74, 6) is 2.53. The van der Waals surface area contributed by atoms with Crippen molar-refractivity contribution in [3.05, 3.63) is 72.1 Å². The van der Waals surface area contributed by atoms with Crippen LogP contribution in [0.3, 0.4) is 0 Å². The summed E-state index contributed by atoms with van der Waals surface area (Å²) in [5, 5.41) is 0. The van der Waals surface area contributed by atoms with Crippen molar-refractivity contribution < 1.29 is 14.2 Å². The van der Waals surface area contributed by atoms with Crippen LogP contribution in [0, 0.1) is 0 Å². The van der Waals surface area contributed by atoms with E-state index in [0.717, 1.165) is 48.9 Å². The highest BCUT2D eigenvalue weighted by molar-refractivity contribution is 5.41. The van der Waals surface area contributed by atoms with Gasteiger partial charge in [0.25, 0.3) is 0 Å². The molecule has 0 saturated heterocycles. The largest absolute Gasteiger partial charge is 0.497 e. The second kappa shape index (κ2) is 8.92. The zero-order chi connectivity index (χ0) is 20.1. The fraction of sp³-hybridized carbons (Fsp3) is 0.304. The number of rotatable bonds is 6. The Balaban J connectivity index is 1.47. The summed E-state index contributed by atoms with van der Waals surface area (Å²) in [5.41, 5.74) is 2.37. The minimum atomic E-state index is 0.169. The first-order valence-electron chi connectivity index (χ1n) is 9.83. The normalized spacial score (nSPS) is 16.4. The molecule has 150 valence electrons. The van der Waals surface area contributed by atoms with Crippen LogP contribution in [0.4, 0.5) is 0 Å². The number of hydrogen-bond donors (Lipinski definition) is 0. The van der Waals surface area contributed by atoms with Crippen LogP contribution in [0.5, 0.6) is 23.3 Å². The number of nitrogens with zero attached hydrogens (tertiary/aromatic N) is 3. The van der Waals surface area contributed by atoms with E-state index in [2.05, 4.69) is 40.0 Å². The first kappa shape index (κ1) is 19.2. The molecule has 0 amide bonds. The van der Waals surface area contributed by atoms with E-state index in [-0.39, 0.29) is 6.10 Å². The number of methoxy groups -OCH3 is 1. The molecule has 0 saturated carbocycles. The van der Waals surface area contributed by atoms with E-state index >= 15 is 0 Å². The Hall–Kier alpha value is -3.12. The number of ether oxygens (including phenoxy) is 3. The maximum atomic E-state index is 6.23. The van der Waals surface area contributed by atoms with Crippen molar-refractivity contribution in [2.75, 3.05) is 13.7 Å². The molecule has 2 heterocycles. The predicted octanol–water partition coefficient (Wildman–Crippen LogP) is 4.45. The van der Waals surface area contributed by atoms with E-state index in [4.69, 9.17) is 14.2 Å². The quantitative estimate of drug-likeness (QED) is 0.619. The minimum Gasteiger partial charge on any atom is -0.497 e. The zero-order valence-corrected chi connectivity index (χ0v) is 16.7. The highest BCUT2D eigenvalue weighted by Gasteiger charge is 2.22. The lowest BCUT2D eigenvalue weighted by atomic mass is 10.1. The van der Waals surface area contributed by atoms with E-state index < -0.39 is 0 Å². The van der Waals surface area contributed by atoms with Crippen LogP contribution in [0.1, 0.15) is 24.5 Å². The van der Waals surface area contributed by atoms with Crippen LogP contribution in [0.2, 0.25) is 0 Å². The molecule has 1 atom stereocenters. The molecule has 0 fully saturated rings. The highest BCUT2D eigenvalue weighted by atomic mass is 16.5. The Bertz CT molecular complexity index is 932. The number of aromatic nitrogens is 2. The summed E-state index contributed by atoms with van der Waals surface area (Å²) < 4.78 is 17.3. The van der Waals surface area contributed by atoms with Crippen molar-refractivity contribution in [1.29, 1.82) is 0 Å². The molecule has 1 unspecified atom stereocenters. The second-order valence-electron chi connectivity index (χ2n) is 7.07. The second-order valence-corrected chi connectivity index (χ2v) is 7.07. The van der Waals surface area contributed by atoms with E-state index in [1.165, 1.54) is 5.56 Å². The predicted molar refractivity (Wildman–Crippen MR) is 110 cm³/mol. The topological polar surface area (TPSA) is 56.7 Å². The van der Waals surface area contributed by atoms with Gasteiger partial charge >= 0.3 is 6.01 Å². The number of hydrogen-bond acceptors (Lipinski definition) is 6. The molecule has 1 aromatic heterocycles. The fourth-order valence-corrected chi connectivity index (χ4v) is 3.43. The average Bonchev–Trinajstić information content (AvgIpc) is 2.93. The fourth-order valence-electron chi connectivity index (χ4n) is 3.43. The standard InChI is InChI=1S/C23H25N3O3/c1-3-19-16-26(15-18-13-21(27-2)9-10-22(18)28-19)14-17-5-7-20(8-6-17)29-23-24-11-4-12-25-23/h4-13,19H,3,14-16H2,1-2H3. The molecule has 4 rings (SSSR count). The van der Waals surface area contributed by atoms with Gasteiger partial charge in [-0.05, 0) is 48.4 Å².